The fourth-order valence-electron chi connectivity index (χ4n) is 4.06. The number of benzene rings is 2. The number of nitrogens with zero attached hydrogens (tertiary/aromatic N) is 2. The highest BCUT2D eigenvalue weighted by atomic mass is 127. The molecule has 0 unspecified atom stereocenters. The second-order valence-electron chi connectivity index (χ2n) is 8.89. The van der Waals surface area contributed by atoms with Gasteiger partial charge in [0.1, 0.15) is 0 Å². The Bertz CT molecular complexity index is 881. The zero-order valence-corrected chi connectivity index (χ0v) is 22.9. The monoisotopic (exact) mass is 566 g/mol. The van der Waals surface area contributed by atoms with Gasteiger partial charge in [-0.1, -0.05) is 38.1 Å². The van der Waals surface area contributed by atoms with Crippen LogP contribution in [0.15, 0.2) is 53.5 Å². The number of aliphatic imine (C=N–C) groups is 1. The molecule has 33 heavy (non-hydrogen) atoms. The van der Waals surface area contributed by atoms with Crippen molar-refractivity contribution < 1.29 is 9.47 Å². The minimum Gasteiger partial charge on any atom is -0.493 e. The molecule has 1 aliphatic rings. The summed E-state index contributed by atoms with van der Waals surface area (Å²) in [6, 6.07) is 17.2. The van der Waals surface area contributed by atoms with E-state index >= 15 is 0 Å². The SMILES string of the molecule is CCNC(=NCC(C)(C)c1ccc(OC)c(OC)c1)NC1CCN(c2ccccc2)CC1.I. The lowest BCUT2D eigenvalue weighted by molar-refractivity contribution is 0.353. The molecule has 2 aromatic carbocycles. The summed E-state index contributed by atoms with van der Waals surface area (Å²) in [4.78, 5) is 7.40. The van der Waals surface area contributed by atoms with Crippen molar-refractivity contribution in [3.05, 3.63) is 54.1 Å². The molecule has 0 aliphatic carbocycles. The minimum absolute atomic E-state index is 0. The summed E-state index contributed by atoms with van der Waals surface area (Å²) in [5, 5.41) is 7.08. The summed E-state index contributed by atoms with van der Waals surface area (Å²) in [5.74, 6) is 2.38. The van der Waals surface area contributed by atoms with E-state index in [1.807, 2.05) is 12.1 Å². The average molecular weight is 567 g/mol. The first-order valence-corrected chi connectivity index (χ1v) is 11.5. The molecular weight excluding hydrogens is 527 g/mol. The van der Waals surface area contributed by atoms with Gasteiger partial charge >= 0.3 is 0 Å². The third-order valence-electron chi connectivity index (χ3n) is 6.10. The molecule has 2 aromatic rings. The summed E-state index contributed by atoms with van der Waals surface area (Å²) in [7, 11) is 3.33. The Balaban J connectivity index is 0.00000385. The van der Waals surface area contributed by atoms with E-state index in [9.17, 15) is 0 Å². The lowest BCUT2D eigenvalue weighted by Gasteiger charge is -2.34. The van der Waals surface area contributed by atoms with Crippen molar-refractivity contribution in [2.24, 2.45) is 4.99 Å². The van der Waals surface area contributed by atoms with Gasteiger partial charge < -0.3 is 25.0 Å². The summed E-state index contributed by atoms with van der Waals surface area (Å²) in [6.45, 7) is 10.1. The Kier molecular flexibility index (Phi) is 10.6. The number of rotatable bonds is 8. The van der Waals surface area contributed by atoms with Gasteiger partial charge in [-0.15, -0.1) is 24.0 Å². The predicted molar refractivity (Wildman–Crippen MR) is 149 cm³/mol. The van der Waals surface area contributed by atoms with Crippen LogP contribution >= 0.6 is 24.0 Å². The molecule has 0 atom stereocenters. The molecule has 1 heterocycles. The van der Waals surface area contributed by atoms with Gasteiger partial charge in [-0.3, -0.25) is 4.99 Å². The third-order valence-corrected chi connectivity index (χ3v) is 6.10. The fourth-order valence-corrected chi connectivity index (χ4v) is 4.06. The van der Waals surface area contributed by atoms with Crippen LogP contribution in [0.2, 0.25) is 0 Å². The van der Waals surface area contributed by atoms with Crippen LogP contribution < -0.4 is 25.0 Å². The van der Waals surface area contributed by atoms with E-state index in [2.05, 4.69) is 72.7 Å². The molecular formula is C26H39IN4O2. The van der Waals surface area contributed by atoms with Gasteiger partial charge in [-0.05, 0) is 49.6 Å². The quantitative estimate of drug-likeness (QED) is 0.273. The van der Waals surface area contributed by atoms with Crippen molar-refractivity contribution in [1.29, 1.82) is 0 Å². The molecule has 182 valence electrons. The van der Waals surface area contributed by atoms with Crippen molar-refractivity contribution in [3.63, 3.8) is 0 Å². The largest absolute Gasteiger partial charge is 0.493 e. The van der Waals surface area contributed by atoms with E-state index in [1.165, 1.54) is 11.3 Å². The van der Waals surface area contributed by atoms with E-state index in [4.69, 9.17) is 14.5 Å². The highest BCUT2D eigenvalue weighted by molar-refractivity contribution is 14.0. The minimum atomic E-state index is -0.140. The second-order valence-corrected chi connectivity index (χ2v) is 8.89. The average Bonchev–Trinajstić information content (AvgIpc) is 2.83. The lowest BCUT2D eigenvalue weighted by Crippen LogP contribution is -2.49. The van der Waals surface area contributed by atoms with Crippen LogP contribution in [0.4, 0.5) is 5.69 Å². The molecule has 0 aromatic heterocycles. The van der Waals surface area contributed by atoms with Gasteiger partial charge in [0.15, 0.2) is 17.5 Å². The number of para-hydroxylation sites is 1. The molecule has 7 heteroatoms. The van der Waals surface area contributed by atoms with Gasteiger partial charge in [0.25, 0.3) is 0 Å². The van der Waals surface area contributed by atoms with Crippen molar-refractivity contribution in [2.45, 2.75) is 45.1 Å². The molecule has 2 N–H and O–H groups in total. The predicted octanol–water partition coefficient (Wildman–Crippen LogP) is 4.82. The van der Waals surface area contributed by atoms with E-state index in [0.717, 1.165) is 49.9 Å². The zero-order chi connectivity index (χ0) is 23.0. The number of ether oxygens (including phenoxy) is 2. The van der Waals surface area contributed by atoms with Crippen LogP contribution in [0.1, 0.15) is 39.2 Å². The number of piperidine rings is 1. The van der Waals surface area contributed by atoms with Crippen LogP contribution in [0.3, 0.4) is 0 Å². The Morgan fingerprint density at radius 2 is 1.70 bits per heavy atom. The summed E-state index contributed by atoms with van der Waals surface area (Å²) >= 11 is 0. The van der Waals surface area contributed by atoms with Crippen LogP contribution in [0.25, 0.3) is 0 Å². The molecule has 3 rings (SSSR count). The summed E-state index contributed by atoms with van der Waals surface area (Å²) < 4.78 is 10.9. The number of anilines is 1. The Morgan fingerprint density at radius 1 is 1.03 bits per heavy atom. The van der Waals surface area contributed by atoms with Crippen molar-refractivity contribution in [1.82, 2.24) is 10.6 Å². The van der Waals surface area contributed by atoms with Crippen molar-refractivity contribution in [3.8, 4) is 11.5 Å². The molecule has 0 saturated carbocycles. The molecule has 0 spiro atoms. The maximum absolute atomic E-state index is 5.49. The van der Waals surface area contributed by atoms with E-state index in [1.54, 1.807) is 14.2 Å². The Morgan fingerprint density at radius 3 is 2.30 bits per heavy atom. The van der Waals surface area contributed by atoms with Gasteiger partial charge in [-0.2, -0.15) is 0 Å². The first-order chi connectivity index (χ1) is 15.5. The lowest BCUT2D eigenvalue weighted by atomic mass is 9.84. The van der Waals surface area contributed by atoms with E-state index < -0.39 is 0 Å². The standard InChI is InChI=1S/C26H38N4O2.HI/c1-6-27-25(29-21-14-16-30(17-15-21)22-10-8-7-9-11-22)28-19-26(2,3)20-12-13-23(31-4)24(18-20)32-5;/h7-13,18,21H,6,14-17,19H2,1-5H3,(H2,27,28,29);1H. The third kappa shape index (κ3) is 7.42. The second kappa shape index (κ2) is 12.9. The van der Waals surface area contributed by atoms with Gasteiger partial charge in [-0.25, -0.2) is 0 Å². The molecule has 0 radical (unpaired) electrons. The van der Waals surface area contributed by atoms with Gasteiger partial charge in [0, 0.05) is 36.8 Å². The van der Waals surface area contributed by atoms with Crippen molar-refractivity contribution >= 4 is 35.6 Å². The maximum Gasteiger partial charge on any atom is 0.191 e. The van der Waals surface area contributed by atoms with Crippen LogP contribution in [0.5, 0.6) is 11.5 Å². The molecule has 0 bridgehead atoms. The Hall–Kier alpha value is -2.16. The van der Waals surface area contributed by atoms with Crippen LogP contribution in [-0.2, 0) is 5.41 Å². The van der Waals surface area contributed by atoms with Gasteiger partial charge in [0.2, 0.25) is 0 Å². The molecule has 0 amide bonds. The van der Waals surface area contributed by atoms with Gasteiger partial charge in [0.05, 0.1) is 20.8 Å². The number of hydrogen-bond donors (Lipinski definition) is 2. The number of guanidine groups is 1. The molecule has 1 saturated heterocycles. The summed E-state index contributed by atoms with van der Waals surface area (Å²) in [6.07, 6.45) is 2.19. The smallest absolute Gasteiger partial charge is 0.191 e. The fraction of sp³-hybridized carbons (Fsp3) is 0.500. The molecule has 1 fully saturated rings. The number of nitrogens with one attached hydrogen (secondary N) is 2. The highest BCUT2D eigenvalue weighted by Gasteiger charge is 2.24. The van der Waals surface area contributed by atoms with Crippen LogP contribution in [0, 0.1) is 0 Å². The normalized spacial score (nSPS) is 14.9. The first-order valence-electron chi connectivity index (χ1n) is 11.5. The first kappa shape index (κ1) is 27.1. The zero-order valence-electron chi connectivity index (χ0n) is 20.6. The maximum atomic E-state index is 5.49. The highest BCUT2D eigenvalue weighted by Crippen LogP contribution is 2.33. The van der Waals surface area contributed by atoms with E-state index in [0.29, 0.717) is 12.6 Å². The number of methoxy groups -OCH3 is 2. The molecule has 6 nitrogen and oxygen atoms in total. The Labute approximate surface area is 216 Å². The van der Waals surface area contributed by atoms with E-state index in [-0.39, 0.29) is 29.4 Å². The van der Waals surface area contributed by atoms with Crippen LogP contribution in [-0.4, -0.2) is 52.4 Å². The summed E-state index contributed by atoms with van der Waals surface area (Å²) in [5.41, 5.74) is 2.34. The molecule has 1 aliphatic heterocycles. The number of halogens is 1. The van der Waals surface area contributed by atoms with Crippen molar-refractivity contribution in [2.75, 3.05) is 45.3 Å². The topological polar surface area (TPSA) is 58.1 Å². The number of hydrogen-bond acceptors (Lipinski definition) is 4.